The predicted molar refractivity (Wildman–Crippen MR) is 90.1 cm³/mol. The summed E-state index contributed by atoms with van der Waals surface area (Å²) >= 11 is 1.48. The standard InChI is InChI=1S/C16H15F3N2O4S/c1-2-21-8-11(14(23)25-15(24)16(17,18)19)13(22)10-4-3-9(7-12(10)21)26-6-5-20/h3-4,7-8H,2,5-6,20H2,1H3. The maximum atomic E-state index is 12.5. The Bertz CT molecular complexity index is 909. The Morgan fingerprint density at radius 2 is 2.00 bits per heavy atom. The van der Waals surface area contributed by atoms with Crippen LogP contribution in [0.1, 0.15) is 17.3 Å². The predicted octanol–water partition coefficient (Wildman–Crippen LogP) is 2.32. The Labute approximate surface area is 150 Å². The Balaban J connectivity index is 2.49. The first-order valence-electron chi connectivity index (χ1n) is 7.52. The molecule has 0 saturated carbocycles. The molecule has 0 amide bonds. The molecule has 0 fully saturated rings. The summed E-state index contributed by atoms with van der Waals surface area (Å²) in [6.45, 7) is 2.55. The van der Waals surface area contributed by atoms with Crippen molar-refractivity contribution in [3.63, 3.8) is 0 Å². The third kappa shape index (κ3) is 4.25. The number of nitrogens with zero attached hydrogens (tertiary/aromatic N) is 1. The minimum absolute atomic E-state index is 0.137. The van der Waals surface area contributed by atoms with Crippen molar-refractivity contribution in [2.45, 2.75) is 24.5 Å². The summed E-state index contributed by atoms with van der Waals surface area (Å²) in [5, 5.41) is 0.137. The Hall–Kier alpha value is -2.33. The Morgan fingerprint density at radius 1 is 1.31 bits per heavy atom. The van der Waals surface area contributed by atoms with Crippen LogP contribution in [0.2, 0.25) is 0 Å². The number of alkyl halides is 3. The SMILES string of the molecule is CCn1cc(C(=O)OC(=O)C(F)(F)F)c(=O)c2ccc(SCCN)cc21. The number of thioether (sulfide) groups is 1. The monoisotopic (exact) mass is 388 g/mol. The molecule has 6 nitrogen and oxygen atoms in total. The molecule has 0 spiro atoms. The lowest BCUT2D eigenvalue weighted by Crippen LogP contribution is -2.30. The zero-order chi connectivity index (χ0) is 19.5. The second kappa shape index (κ2) is 7.92. The minimum Gasteiger partial charge on any atom is -0.382 e. The molecular weight excluding hydrogens is 373 g/mol. The lowest BCUT2D eigenvalue weighted by molar-refractivity contribution is -0.193. The molecule has 1 aromatic heterocycles. The van der Waals surface area contributed by atoms with Crippen molar-refractivity contribution in [3.05, 3.63) is 40.2 Å². The van der Waals surface area contributed by atoms with Crippen molar-refractivity contribution < 1.29 is 27.5 Å². The number of benzene rings is 1. The molecule has 1 heterocycles. The largest absolute Gasteiger partial charge is 0.491 e. The third-order valence-corrected chi connectivity index (χ3v) is 4.44. The number of pyridine rings is 1. The van der Waals surface area contributed by atoms with Crippen molar-refractivity contribution in [1.29, 1.82) is 0 Å². The molecule has 0 saturated heterocycles. The molecule has 0 bridgehead atoms. The number of aryl methyl sites for hydroxylation is 1. The lowest BCUT2D eigenvalue weighted by Gasteiger charge is -2.12. The van der Waals surface area contributed by atoms with E-state index in [4.69, 9.17) is 5.73 Å². The highest BCUT2D eigenvalue weighted by Gasteiger charge is 2.43. The number of esters is 2. The van der Waals surface area contributed by atoms with Gasteiger partial charge in [0, 0.05) is 35.3 Å². The molecule has 0 atom stereocenters. The maximum Gasteiger partial charge on any atom is 0.491 e. The normalized spacial score (nSPS) is 11.6. The van der Waals surface area contributed by atoms with E-state index in [1.807, 2.05) is 0 Å². The first kappa shape index (κ1) is 20.0. The molecule has 140 valence electrons. The summed E-state index contributed by atoms with van der Waals surface area (Å²) in [4.78, 5) is 36.0. The van der Waals surface area contributed by atoms with Gasteiger partial charge >= 0.3 is 18.1 Å². The summed E-state index contributed by atoms with van der Waals surface area (Å²) in [6, 6.07) is 4.86. The summed E-state index contributed by atoms with van der Waals surface area (Å²) in [5.41, 5.74) is 4.52. The summed E-state index contributed by atoms with van der Waals surface area (Å²) < 4.78 is 42.0. The van der Waals surface area contributed by atoms with Gasteiger partial charge in [0.1, 0.15) is 5.56 Å². The van der Waals surface area contributed by atoms with Crippen molar-refractivity contribution in [2.24, 2.45) is 5.73 Å². The van der Waals surface area contributed by atoms with E-state index >= 15 is 0 Å². The zero-order valence-electron chi connectivity index (χ0n) is 13.6. The number of rotatable bonds is 5. The number of nitrogens with two attached hydrogens (primary N) is 1. The van der Waals surface area contributed by atoms with Crippen LogP contribution in [0, 0.1) is 0 Å². The molecule has 2 rings (SSSR count). The van der Waals surface area contributed by atoms with E-state index in [0.717, 1.165) is 11.1 Å². The van der Waals surface area contributed by atoms with E-state index in [1.165, 1.54) is 22.4 Å². The van der Waals surface area contributed by atoms with Crippen LogP contribution in [0.3, 0.4) is 0 Å². The summed E-state index contributed by atoms with van der Waals surface area (Å²) in [7, 11) is 0. The van der Waals surface area contributed by atoms with E-state index in [0.29, 0.717) is 24.4 Å². The molecule has 2 aromatic rings. The topological polar surface area (TPSA) is 91.4 Å². The summed E-state index contributed by atoms with van der Waals surface area (Å²) in [6.07, 6.45) is -4.24. The zero-order valence-corrected chi connectivity index (χ0v) is 14.4. The first-order chi connectivity index (χ1) is 12.2. The van der Waals surface area contributed by atoms with Crippen LogP contribution >= 0.6 is 11.8 Å². The van der Waals surface area contributed by atoms with Crippen LogP contribution < -0.4 is 11.2 Å². The molecule has 2 N–H and O–H groups in total. The molecule has 0 aliphatic heterocycles. The highest BCUT2D eigenvalue weighted by Crippen LogP contribution is 2.23. The number of aromatic nitrogens is 1. The average molecular weight is 388 g/mol. The maximum absolute atomic E-state index is 12.5. The van der Waals surface area contributed by atoms with Gasteiger partial charge in [-0.1, -0.05) is 0 Å². The van der Waals surface area contributed by atoms with Gasteiger partial charge in [-0.05, 0) is 25.1 Å². The van der Waals surface area contributed by atoms with Crippen molar-refractivity contribution in [3.8, 4) is 0 Å². The van der Waals surface area contributed by atoms with Crippen LogP contribution in [0.5, 0.6) is 0 Å². The van der Waals surface area contributed by atoms with Gasteiger partial charge in [-0.2, -0.15) is 13.2 Å². The van der Waals surface area contributed by atoms with Gasteiger partial charge in [0.15, 0.2) is 0 Å². The Morgan fingerprint density at radius 3 is 2.58 bits per heavy atom. The third-order valence-electron chi connectivity index (χ3n) is 3.42. The smallest absolute Gasteiger partial charge is 0.382 e. The number of carbonyl (C=O) groups excluding carboxylic acids is 2. The van der Waals surface area contributed by atoms with Crippen molar-refractivity contribution in [1.82, 2.24) is 4.57 Å². The molecular formula is C16H15F3N2O4S. The number of carbonyl (C=O) groups is 2. The highest BCUT2D eigenvalue weighted by molar-refractivity contribution is 7.99. The summed E-state index contributed by atoms with van der Waals surface area (Å²) in [5.74, 6) is -3.63. The second-order valence-corrected chi connectivity index (χ2v) is 6.32. The van der Waals surface area contributed by atoms with Crippen LogP contribution in [0.15, 0.2) is 34.1 Å². The molecule has 0 aliphatic carbocycles. The van der Waals surface area contributed by atoms with Gasteiger partial charge in [0.25, 0.3) is 0 Å². The number of fused-ring (bicyclic) bond motifs is 1. The van der Waals surface area contributed by atoms with E-state index in [-0.39, 0.29) is 5.39 Å². The number of hydrogen-bond acceptors (Lipinski definition) is 6. The van der Waals surface area contributed by atoms with Gasteiger partial charge in [0.05, 0.1) is 5.52 Å². The van der Waals surface area contributed by atoms with E-state index in [1.54, 1.807) is 19.1 Å². The average Bonchev–Trinajstić information content (AvgIpc) is 2.59. The van der Waals surface area contributed by atoms with E-state index < -0.39 is 29.1 Å². The van der Waals surface area contributed by atoms with Crippen LogP contribution in [0.4, 0.5) is 13.2 Å². The van der Waals surface area contributed by atoms with Crippen molar-refractivity contribution >= 4 is 34.6 Å². The number of halogens is 3. The quantitative estimate of drug-likeness (QED) is 0.480. The van der Waals surface area contributed by atoms with Gasteiger partial charge in [-0.3, -0.25) is 4.79 Å². The van der Waals surface area contributed by atoms with Gasteiger partial charge in [-0.25, -0.2) is 9.59 Å². The van der Waals surface area contributed by atoms with Gasteiger partial charge < -0.3 is 15.0 Å². The molecule has 1 aromatic carbocycles. The molecule has 26 heavy (non-hydrogen) atoms. The van der Waals surface area contributed by atoms with E-state index in [2.05, 4.69) is 4.74 Å². The molecule has 0 aliphatic rings. The van der Waals surface area contributed by atoms with E-state index in [9.17, 15) is 27.6 Å². The fourth-order valence-electron chi connectivity index (χ4n) is 2.24. The van der Waals surface area contributed by atoms with Crippen LogP contribution in [-0.4, -0.2) is 35.0 Å². The van der Waals surface area contributed by atoms with Crippen molar-refractivity contribution in [2.75, 3.05) is 12.3 Å². The fraction of sp³-hybridized carbons (Fsp3) is 0.312. The Kier molecular flexibility index (Phi) is 6.09. The number of ether oxygens (including phenoxy) is 1. The van der Waals surface area contributed by atoms with Crippen LogP contribution in [0.25, 0.3) is 10.9 Å². The molecule has 0 radical (unpaired) electrons. The van der Waals surface area contributed by atoms with Gasteiger partial charge in [0.2, 0.25) is 5.43 Å². The highest BCUT2D eigenvalue weighted by atomic mass is 32.2. The second-order valence-electron chi connectivity index (χ2n) is 5.15. The number of hydrogen-bond donors (Lipinski definition) is 1. The minimum atomic E-state index is -5.33. The lowest BCUT2D eigenvalue weighted by atomic mass is 10.1. The first-order valence-corrected chi connectivity index (χ1v) is 8.51. The molecule has 10 heteroatoms. The molecule has 0 unspecified atom stereocenters. The fourth-order valence-corrected chi connectivity index (χ4v) is 2.95. The van der Waals surface area contributed by atoms with Gasteiger partial charge in [-0.15, -0.1) is 11.8 Å². The van der Waals surface area contributed by atoms with Crippen LogP contribution in [-0.2, 0) is 16.1 Å².